The quantitative estimate of drug-likeness (QED) is 0.850. The summed E-state index contributed by atoms with van der Waals surface area (Å²) in [6.07, 6.45) is 3.08. The van der Waals surface area contributed by atoms with Gasteiger partial charge in [-0.2, -0.15) is 0 Å². The normalized spacial score (nSPS) is 17.2. The van der Waals surface area contributed by atoms with Gasteiger partial charge in [-0.1, -0.05) is 12.8 Å². The summed E-state index contributed by atoms with van der Waals surface area (Å²) in [5.41, 5.74) is -0.392. The number of aryl methyl sites for hydroxylation is 2. The van der Waals surface area contributed by atoms with Crippen LogP contribution in [-0.2, 0) is 9.53 Å². The third-order valence-electron chi connectivity index (χ3n) is 3.67. The predicted molar refractivity (Wildman–Crippen MR) is 68.9 cm³/mol. The van der Waals surface area contributed by atoms with Gasteiger partial charge in [-0.15, -0.1) is 0 Å². The van der Waals surface area contributed by atoms with Crippen LogP contribution in [0.3, 0.4) is 0 Å². The number of nitrogens with one attached hydrogen (secondary N) is 1. The Bertz CT molecular complexity index is 498. The lowest BCUT2D eigenvalue weighted by molar-refractivity contribution is -0.148. The molecule has 0 unspecified atom stereocenters. The number of ether oxygens (including phenoxy) is 1. The van der Waals surface area contributed by atoms with Crippen molar-refractivity contribution in [2.24, 2.45) is 0 Å². The van der Waals surface area contributed by atoms with E-state index in [1.807, 2.05) is 0 Å². The Hall–Kier alpha value is -1.78. The summed E-state index contributed by atoms with van der Waals surface area (Å²) in [6.45, 7) is 3.52. The molecule has 1 aromatic rings. The molecule has 1 aliphatic rings. The molecule has 1 aliphatic carbocycles. The highest BCUT2D eigenvalue weighted by Crippen LogP contribution is 2.31. The van der Waals surface area contributed by atoms with E-state index in [1.54, 1.807) is 19.9 Å². The Morgan fingerprint density at radius 3 is 2.42 bits per heavy atom. The fraction of sp³-hybridized carbons (Fsp3) is 0.571. The number of hydrogen-bond acceptors (Lipinski definition) is 4. The van der Waals surface area contributed by atoms with Crippen LogP contribution in [0, 0.1) is 13.8 Å². The molecule has 0 spiro atoms. The molecule has 5 heteroatoms. The van der Waals surface area contributed by atoms with E-state index in [1.165, 1.54) is 7.11 Å². The van der Waals surface area contributed by atoms with E-state index in [2.05, 4.69) is 5.32 Å². The van der Waals surface area contributed by atoms with Gasteiger partial charge in [-0.25, -0.2) is 4.79 Å². The lowest BCUT2D eigenvalue weighted by Gasteiger charge is -2.26. The van der Waals surface area contributed by atoms with Crippen molar-refractivity contribution >= 4 is 11.9 Å². The Morgan fingerprint density at radius 1 is 1.32 bits per heavy atom. The van der Waals surface area contributed by atoms with Crippen LogP contribution in [-0.4, -0.2) is 24.5 Å². The molecule has 0 aromatic carbocycles. The zero-order valence-electron chi connectivity index (χ0n) is 11.5. The Morgan fingerprint density at radius 2 is 1.95 bits per heavy atom. The van der Waals surface area contributed by atoms with Crippen LogP contribution in [0.25, 0.3) is 0 Å². The van der Waals surface area contributed by atoms with Crippen LogP contribution in [0.1, 0.15) is 47.6 Å². The molecule has 0 atom stereocenters. The second kappa shape index (κ2) is 5.07. The van der Waals surface area contributed by atoms with Crippen LogP contribution in [0.15, 0.2) is 10.5 Å². The van der Waals surface area contributed by atoms with E-state index < -0.39 is 5.54 Å². The van der Waals surface area contributed by atoms with Gasteiger partial charge >= 0.3 is 5.97 Å². The van der Waals surface area contributed by atoms with Crippen molar-refractivity contribution in [3.63, 3.8) is 0 Å². The Balaban J connectivity index is 2.21. The first-order valence-electron chi connectivity index (χ1n) is 6.46. The summed E-state index contributed by atoms with van der Waals surface area (Å²) < 4.78 is 10.2. The maximum absolute atomic E-state index is 12.3. The standard InChI is InChI=1S/C14H19NO4/c1-9-8-11(10(2)19-9)12(16)15-14(13(17)18-3)6-4-5-7-14/h8H,4-7H2,1-3H3,(H,15,16). The summed E-state index contributed by atoms with van der Waals surface area (Å²) in [5, 5.41) is 2.84. The minimum absolute atomic E-state index is 0.276. The second-order valence-corrected chi connectivity index (χ2v) is 5.06. The molecule has 1 amide bonds. The van der Waals surface area contributed by atoms with Gasteiger partial charge in [-0.3, -0.25) is 4.79 Å². The van der Waals surface area contributed by atoms with Gasteiger partial charge < -0.3 is 14.5 Å². The Kier molecular flexibility index (Phi) is 3.64. The molecule has 1 fully saturated rings. The maximum atomic E-state index is 12.3. The van der Waals surface area contributed by atoms with Crippen molar-refractivity contribution < 1.29 is 18.7 Å². The number of hydrogen-bond donors (Lipinski definition) is 1. The SMILES string of the molecule is COC(=O)C1(NC(=O)c2cc(C)oc2C)CCCC1. The van der Waals surface area contributed by atoms with Gasteiger partial charge in [-0.05, 0) is 32.8 Å². The van der Waals surface area contributed by atoms with Crippen LogP contribution < -0.4 is 5.32 Å². The van der Waals surface area contributed by atoms with E-state index in [4.69, 9.17) is 9.15 Å². The molecule has 1 saturated carbocycles. The fourth-order valence-electron chi connectivity index (χ4n) is 2.69. The topological polar surface area (TPSA) is 68.5 Å². The van der Waals surface area contributed by atoms with Gasteiger partial charge in [0.1, 0.15) is 17.1 Å². The molecule has 1 heterocycles. The molecule has 5 nitrogen and oxygen atoms in total. The second-order valence-electron chi connectivity index (χ2n) is 5.06. The predicted octanol–water partition coefficient (Wildman–Crippen LogP) is 2.11. The number of furan rings is 1. The summed E-state index contributed by atoms with van der Waals surface area (Å²) in [4.78, 5) is 24.2. The smallest absolute Gasteiger partial charge is 0.331 e. The zero-order valence-corrected chi connectivity index (χ0v) is 11.5. The monoisotopic (exact) mass is 265 g/mol. The maximum Gasteiger partial charge on any atom is 0.331 e. The van der Waals surface area contributed by atoms with Gasteiger partial charge in [0, 0.05) is 0 Å². The first-order valence-corrected chi connectivity index (χ1v) is 6.46. The summed E-state index contributed by atoms with van der Waals surface area (Å²) in [7, 11) is 1.35. The van der Waals surface area contributed by atoms with Crippen LogP contribution in [0.2, 0.25) is 0 Å². The lowest BCUT2D eigenvalue weighted by atomic mass is 9.97. The minimum Gasteiger partial charge on any atom is -0.467 e. The summed E-state index contributed by atoms with van der Waals surface area (Å²) in [6, 6.07) is 1.69. The highest BCUT2D eigenvalue weighted by molar-refractivity contribution is 5.99. The van der Waals surface area contributed by atoms with Gasteiger partial charge in [0.05, 0.1) is 12.7 Å². The molecular formula is C14H19NO4. The number of carbonyl (C=O) groups excluding carboxylic acids is 2. The zero-order chi connectivity index (χ0) is 14.0. The first kappa shape index (κ1) is 13.6. The molecule has 2 rings (SSSR count). The fourth-order valence-corrected chi connectivity index (χ4v) is 2.69. The third-order valence-corrected chi connectivity index (χ3v) is 3.67. The number of amides is 1. The highest BCUT2D eigenvalue weighted by Gasteiger charge is 2.44. The Labute approximate surface area is 112 Å². The van der Waals surface area contributed by atoms with Crippen molar-refractivity contribution in [2.75, 3.05) is 7.11 Å². The average Bonchev–Trinajstić information content (AvgIpc) is 2.96. The minimum atomic E-state index is -0.872. The van der Waals surface area contributed by atoms with Crippen molar-refractivity contribution in [3.8, 4) is 0 Å². The number of methoxy groups -OCH3 is 1. The van der Waals surface area contributed by atoms with E-state index in [0.717, 1.165) is 12.8 Å². The number of rotatable bonds is 3. The van der Waals surface area contributed by atoms with E-state index in [-0.39, 0.29) is 11.9 Å². The van der Waals surface area contributed by atoms with E-state index in [0.29, 0.717) is 29.9 Å². The molecule has 1 aromatic heterocycles. The number of esters is 1. The van der Waals surface area contributed by atoms with Gasteiger partial charge in [0.25, 0.3) is 5.91 Å². The molecule has 0 aliphatic heterocycles. The summed E-state index contributed by atoms with van der Waals surface area (Å²) in [5.74, 6) is 0.604. The summed E-state index contributed by atoms with van der Waals surface area (Å²) >= 11 is 0. The lowest BCUT2D eigenvalue weighted by Crippen LogP contribution is -2.53. The van der Waals surface area contributed by atoms with Gasteiger partial charge in [0.2, 0.25) is 0 Å². The van der Waals surface area contributed by atoms with Crippen LogP contribution >= 0.6 is 0 Å². The molecule has 0 bridgehead atoms. The van der Waals surface area contributed by atoms with E-state index in [9.17, 15) is 9.59 Å². The van der Waals surface area contributed by atoms with Gasteiger partial charge in [0.15, 0.2) is 0 Å². The highest BCUT2D eigenvalue weighted by atomic mass is 16.5. The number of carbonyl (C=O) groups is 2. The molecule has 19 heavy (non-hydrogen) atoms. The molecule has 0 saturated heterocycles. The van der Waals surface area contributed by atoms with Crippen molar-refractivity contribution in [1.29, 1.82) is 0 Å². The largest absolute Gasteiger partial charge is 0.467 e. The van der Waals surface area contributed by atoms with Crippen molar-refractivity contribution in [2.45, 2.75) is 45.1 Å². The van der Waals surface area contributed by atoms with Crippen LogP contribution in [0.4, 0.5) is 0 Å². The molecular weight excluding hydrogens is 246 g/mol. The van der Waals surface area contributed by atoms with Crippen molar-refractivity contribution in [1.82, 2.24) is 5.32 Å². The molecule has 1 N–H and O–H groups in total. The average molecular weight is 265 g/mol. The molecule has 104 valence electrons. The van der Waals surface area contributed by atoms with Crippen molar-refractivity contribution in [3.05, 3.63) is 23.2 Å². The molecule has 0 radical (unpaired) electrons. The third kappa shape index (κ3) is 2.50. The van der Waals surface area contributed by atoms with Crippen LogP contribution in [0.5, 0.6) is 0 Å². The van der Waals surface area contributed by atoms with E-state index >= 15 is 0 Å². The first-order chi connectivity index (χ1) is 8.98.